The molecule has 2 aromatic heterocycles. The van der Waals surface area contributed by atoms with Crippen molar-refractivity contribution in [2.24, 2.45) is 0 Å². The molecule has 1 aliphatic carbocycles. The smallest absolute Gasteiger partial charge is 0.224 e. The molecule has 1 fully saturated rings. The van der Waals surface area contributed by atoms with E-state index >= 15 is 0 Å². The van der Waals surface area contributed by atoms with Crippen LogP contribution in [0.5, 0.6) is 0 Å². The maximum Gasteiger partial charge on any atom is 0.224 e. The van der Waals surface area contributed by atoms with Crippen LogP contribution in [-0.2, 0) is 6.54 Å². The maximum atomic E-state index is 4.56. The van der Waals surface area contributed by atoms with Gasteiger partial charge in [-0.25, -0.2) is 4.98 Å². The summed E-state index contributed by atoms with van der Waals surface area (Å²) in [6.45, 7) is 0.716. The third-order valence-electron chi connectivity index (χ3n) is 4.04. The number of pyridine rings is 1. The Balaban J connectivity index is 1.57. The summed E-state index contributed by atoms with van der Waals surface area (Å²) in [6.07, 6.45) is 13.2. The first kappa shape index (κ1) is 14.8. The zero-order valence-corrected chi connectivity index (χ0v) is 12.8. The van der Waals surface area contributed by atoms with Crippen LogP contribution in [0.3, 0.4) is 0 Å². The van der Waals surface area contributed by atoms with Crippen LogP contribution in [0, 0.1) is 0 Å². The second-order valence-electron chi connectivity index (χ2n) is 5.81. The molecular formula is C17H23N5. The van der Waals surface area contributed by atoms with Crippen molar-refractivity contribution in [2.45, 2.75) is 51.1 Å². The summed E-state index contributed by atoms with van der Waals surface area (Å²) < 4.78 is 0. The fourth-order valence-electron chi connectivity index (χ4n) is 2.83. The lowest BCUT2D eigenvalue weighted by atomic mass is 10.1. The van der Waals surface area contributed by atoms with E-state index in [2.05, 4.69) is 25.6 Å². The predicted octanol–water partition coefficient (Wildman–Crippen LogP) is 3.62. The van der Waals surface area contributed by atoms with E-state index in [1.165, 1.54) is 38.5 Å². The predicted molar refractivity (Wildman–Crippen MR) is 88.7 cm³/mol. The molecule has 0 radical (unpaired) electrons. The lowest BCUT2D eigenvalue weighted by molar-refractivity contribution is 0.615. The highest BCUT2D eigenvalue weighted by Gasteiger charge is 2.13. The normalized spacial score (nSPS) is 16.0. The van der Waals surface area contributed by atoms with Gasteiger partial charge in [-0.3, -0.25) is 4.98 Å². The first-order valence-electron chi connectivity index (χ1n) is 8.12. The molecular weight excluding hydrogens is 274 g/mol. The van der Waals surface area contributed by atoms with Crippen LogP contribution in [0.25, 0.3) is 0 Å². The van der Waals surface area contributed by atoms with Gasteiger partial charge in [-0.05, 0) is 30.5 Å². The highest BCUT2D eigenvalue weighted by Crippen LogP contribution is 2.20. The Hall–Kier alpha value is -2.17. The Labute approximate surface area is 131 Å². The van der Waals surface area contributed by atoms with Crippen molar-refractivity contribution in [3.8, 4) is 0 Å². The van der Waals surface area contributed by atoms with Crippen LogP contribution in [0.4, 0.5) is 11.8 Å². The van der Waals surface area contributed by atoms with Gasteiger partial charge in [-0.2, -0.15) is 4.98 Å². The fourth-order valence-corrected chi connectivity index (χ4v) is 2.83. The highest BCUT2D eigenvalue weighted by atomic mass is 15.1. The van der Waals surface area contributed by atoms with Crippen LogP contribution >= 0.6 is 0 Å². The van der Waals surface area contributed by atoms with Gasteiger partial charge in [0.25, 0.3) is 0 Å². The average molecular weight is 297 g/mol. The number of rotatable bonds is 5. The lowest BCUT2D eigenvalue weighted by Crippen LogP contribution is -2.20. The van der Waals surface area contributed by atoms with Crippen molar-refractivity contribution < 1.29 is 0 Å². The summed E-state index contributed by atoms with van der Waals surface area (Å²) in [6, 6.07) is 6.40. The second-order valence-corrected chi connectivity index (χ2v) is 5.81. The van der Waals surface area contributed by atoms with Gasteiger partial charge < -0.3 is 10.6 Å². The number of nitrogens with zero attached hydrogens (tertiary/aromatic N) is 3. The SMILES string of the molecule is c1cncc(CNc2ccnc(NC3CCCCCC3)n2)c1. The Morgan fingerprint density at radius 1 is 1.05 bits per heavy atom. The molecule has 5 heteroatoms. The monoisotopic (exact) mass is 297 g/mol. The van der Waals surface area contributed by atoms with Gasteiger partial charge in [-0.1, -0.05) is 31.7 Å². The number of aromatic nitrogens is 3. The molecule has 2 aromatic rings. The van der Waals surface area contributed by atoms with E-state index in [0.717, 1.165) is 17.3 Å². The minimum atomic E-state index is 0.510. The molecule has 0 saturated heterocycles. The van der Waals surface area contributed by atoms with E-state index < -0.39 is 0 Å². The molecule has 0 bridgehead atoms. The molecule has 1 aliphatic rings. The molecule has 22 heavy (non-hydrogen) atoms. The van der Waals surface area contributed by atoms with E-state index in [-0.39, 0.29) is 0 Å². The van der Waals surface area contributed by atoms with Gasteiger partial charge in [-0.15, -0.1) is 0 Å². The van der Waals surface area contributed by atoms with Crippen LogP contribution < -0.4 is 10.6 Å². The van der Waals surface area contributed by atoms with Crippen LogP contribution in [0.2, 0.25) is 0 Å². The Morgan fingerprint density at radius 2 is 1.91 bits per heavy atom. The third-order valence-corrected chi connectivity index (χ3v) is 4.04. The molecule has 5 nitrogen and oxygen atoms in total. The lowest BCUT2D eigenvalue weighted by Gasteiger charge is -2.16. The first-order valence-corrected chi connectivity index (χ1v) is 8.12. The molecule has 0 atom stereocenters. The summed E-state index contributed by atoms with van der Waals surface area (Å²) in [4.78, 5) is 13.0. The van der Waals surface area contributed by atoms with Gasteiger partial charge >= 0.3 is 0 Å². The van der Waals surface area contributed by atoms with Crippen molar-refractivity contribution in [3.63, 3.8) is 0 Å². The molecule has 0 spiro atoms. The zero-order valence-electron chi connectivity index (χ0n) is 12.8. The van der Waals surface area contributed by atoms with Crippen molar-refractivity contribution in [1.29, 1.82) is 0 Å². The molecule has 1 saturated carbocycles. The van der Waals surface area contributed by atoms with Crippen molar-refractivity contribution in [1.82, 2.24) is 15.0 Å². The molecule has 0 amide bonds. The minimum Gasteiger partial charge on any atom is -0.366 e. The first-order chi connectivity index (χ1) is 10.9. The van der Waals surface area contributed by atoms with Crippen molar-refractivity contribution in [3.05, 3.63) is 42.4 Å². The number of anilines is 2. The van der Waals surface area contributed by atoms with Crippen LogP contribution in [0.1, 0.15) is 44.1 Å². The van der Waals surface area contributed by atoms with Gasteiger partial charge in [0.1, 0.15) is 5.82 Å². The van der Waals surface area contributed by atoms with Gasteiger partial charge in [0.15, 0.2) is 0 Å². The Morgan fingerprint density at radius 3 is 2.68 bits per heavy atom. The van der Waals surface area contributed by atoms with Gasteiger partial charge in [0, 0.05) is 31.2 Å². The van der Waals surface area contributed by atoms with E-state index in [0.29, 0.717) is 12.6 Å². The summed E-state index contributed by atoms with van der Waals surface area (Å²) in [7, 11) is 0. The average Bonchev–Trinajstić information content (AvgIpc) is 2.83. The van der Waals surface area contributed by atoms with E-state index in [1.807, 2.05) is 24.4 Å². The molecule has 0 aliphatic heterocycles. The molecule has 2 heterocycles. The molecule has 0 unspecified atom stereocenters. The minimum absolute atomic E-state index is 0.510. The van der Waals surface area contributed by atoms with Crippen LogP contribution in [-0.4, -0.2) is 21.0 Å². The number of nitrogens with one attached hydrogen (secondary N) is 2. The molecule has 2 N–H and O–H groups in total. The number of hydrogen-bond donors (Lipinski definition) is 2. The Bertz CT molecular complexity index is 564. The standard InChI is InChI=1S/C17H23N5/c1-2-4-8-15(7-3-1)21-17-19-11-9-16(22-17)20-13-14-6-5-10-18-12-14/h5-6,9-12,15H,1-4,7-8,13H2,(H2,19,20,21,22). The summed E-state index contributed by atoms with van der Waals surface area (Å²) in [5.41, 5.74) is 1.14. The highest BCUT2D eigenvalue weighted by molar-refractivity contribution is 5.40. The summed E-state index contributed by atoms with van der Waals surface area (Å²) >= 11 is 0. The van der Waals surface area contributed by atoms with Gasteiger partial charge in [0.2, 0.25) is 5.95 Å². The zero-order chi connectivity index (χ0) is 15.0. The van der Waals surface area contributed by atoms with E-state index in [9.17, 15) is 0 Å². The van der Waals surface area contributed by atoms with Gasteiger partial charge in [0.05, 0.1) is 0 Å². The third kappa shape index (κ3) is 4.41. The van der Waals surface area contributed by atoms with E-state index in [1.54, 1.807) is 12.4 Å². The van der Waals surface area contributed by atoms with E-state index in [4.69, 9.17) is 0 Å². The topological polar surface area (TPSA) is 62.7 Å². The number of hydrogen-bond acceptors (Lipinski definition) is 5. The van der Waals surface area contributed by atoms with Crippen molar-refractivity contribution in [2.75, 3.05) is 10.6 Å². The Kier molecular flexibility index (Phi) is 5.18. The summed E-state index contributed by atoms with van der Waals surface area (Å²) in [5, 5.41) is 6.80. The largest absolute Gasteiger partial charge is 0.366 e. The second kappa shape index (κ2) is 7.73. The quantitative estimate of drug-likeness (QED) is 0.825. The molecule has 116 valence electrons. The molecule has 0 aromatic carbocycles. The maximum absolute atomic E-state index is 4.56. The summed E-state index contributed by atoms with van der Waals surface area (Å²) in [5.74, 6) is 1.57. The van der Waals surface area contributed by atoms with Crippen molar-refractivity contribution >= 4 is 11.8 Å². The molecule has 3 rings (SSSR count). The fraction of sp³-hybridized carbons (Fsp3) is 0.471. The van der Waals surface area contributed by atoms with Crippen LogP contribution in [0.15, 0.2) is 36.8 Å².